The van der Waals surface area contributed by atoms with Crippen LogP contribution in [-0.2, 0) is 14.9 Å². The summed E-state index contributed by atoms with van der Waals surface area (Å²) in [6.07, 6.45) is 0.924. The number of hydrogen-bond donors (Lipinski definition) is 2. The highest BCUT2D eigenvalue weighted by molar-refractivity contribution is 14.0. The Balaban J connectivity index is 0.00000676. The normalized spacial score (nSPS) is 11.7. The molecule has 0 radical (unpaired) electrons. The molecule has 27 heavy (non-hydrogen) atoms. The lowest BCUT2D eigenvalue weighted by atomic mass is 9.85. The van der Waals surface area contributed by atoms with Crippen LogP contribution in [0.3, 0.4) is 0 Å². The lowest BCUT2D eigenvalue weighted by Gasteiger charge is -2.24. The van der Waals surface area contributed by atoms with Crippen LogP contribution in [0.15, 0.2) is 29.3 Å². The number of nitrogens with one attached hydrogen (secondary N) is 2. The van der Waals surface area contributed by atoms with Crippen molar-refractivity contribution in [3.05, 3.63) is 29.8 Å². The molecule has 0 aromatic heterocycles. The van der Waals surface area contributed by atoms with E-state index in [0.29, 0.717) is 26.4 Å². The maximum atomic E-state index is 5.47. The molecule has 156 valence electrons. The molecule has 0 unspecified atom stereocenters. The summed E-state index contributed by atoms with van der Waals surface area (Å²) in [5.41, 5.74) is 1.13. The van der Waals surface area contributed by atoms with Crippen LogP contribution >= 0.6 is 24.0 Å². The molecular formula is C20H36IN3O3. The second-order valence-corrected chi connectivity index (χ2v) is 6.70. The third kappa shape index (κ3) is 10.8. The molecule has 0 heterocycles. The first kappa shape index (κ1) is 25.9. The van der Waals surface area contributed by atoms with E-state index in [1.807, 2.05) is 12.1 Å². The SMILES string of the molecule is CCNC(=NCC(C)(C)c1cccc(OC)c1)NCCCOCCOC.I. The fourth-order valence-corrected chi connectivity index (χ4v) is 2.38. The Morgan fingerprint density at radius 3 is 2.56 bits per heavy atom. The molecule has 0 bridgehead atoms. The molecule has 0 amide bonds. The lowest BCUT2D eigenvalue weighted by Crippen LogP contribution is -2.39. The van der Waals surface area contributed by atoms with Crippen molar-refractivity contribution in [1.82, 2.24) is 10.6 Å². The maximum absolute atomic E-state index is 5.47. The third-order valence-corrected chi connectivity index (χ3v) is 4.02. The van der Waals surface area contributed by atoms with E-state index in [1.165, 1.54) is 5.56 Å². The number of guanidine groups is 1. The third-order valence-electron chi connectivity index (χ3n) is 4.02. The summed E-state index contributed by atoms with van der Waals surface area (Å²) < 4.78 is 15.8. The molecule has 0 saturated heterocycles. The average Bonchev–Trinajstić information content (AvgIpc) is 2.65. The van der Waals surface area contributed by atoms with Gasteiger partial charge in [-0.2, -0.15) is 0 Å². The Bertz CT molecular complexity index is 539. The van der Waals surface area contributed by atoms with E-state index in [1.54, 1.807) is 14.2 Å². The molecule has 0 saturated carbocycles. The van der Waals surface area contributed by atoms with E-state index in [9.17, 15) is 0 Å². The van der Waals surface area contributed by atoms with Gasteiger partial charge in [0.2, 0.25) is 0 Å². The number of rotatable bonds is 12. The molecule has 0 aliphatic rings. The molecule has 1 rings (SSSR count). The van der Waals surface area contributed by atoms with E-state index >= 15 is 0 Å². The molecule has 0 aliphatic heterocycles. The summed E-state index contributed by atoms with van der Waals surface area (Å²) >= 11 is 0. The second-order valence-electron chi connectivity index (χ2n) is 6.70. The van der Waals surface area contributed by atoms with Gasteiger partial charge >= 0.3 is 0 Å². The zero-order valence-corrected chi connectivity index (χ0v) is 19.7. The summed E-state index contributed by atoms with van der Waals surface area (Å²) in [6.45, 7) is 10.8. The van der Waals surface area contributed by atoms with E-state index < -0.39 is 0 Å². The molecule has 0 aliphatic carbocycles. The van der Waals surface area contributed by atoms with Gasteiger partial charge in [-0.15, -0.1) is 24.0 Å². The summed E-state index contributed by atoms with van der Waals surface area (Å²) in [5.74, 6) is 1.71. The smallest absolute Gasteiger partial charge is 0.191 e. The second kappa shape index (κ2) is 14.9. The Labute approximate surface area is 181 Å². The molecule has 2 N–H and O–H groups in total. The van der Waals surface area contributed by atoms with E-state index in [-0.39, 0.29) is 29.4 Å². The van der Waals surface area contributed by atoms with Gasteiger partial charge in [-0.3, -0.25) is 4.99 Å². The highest BCUT2D eigenvalue weighted by atomic mass is 127. The zero-order chi connectivity index (χ0) is 19.3. The Morgan fingerprint density at radius 1 is 1.11 bits per heavy atom. The van der Waals surface area contributed by atoms with Gasteiger partial charge in [0.1, 0.15) is 5.75 Å². The van der Waals surface area contributed by atoms with Crippen molar-refractivity contribution < 1.29 is 14.2 Å². The monoisotopic (exact) mass is 493 g/mol. The number of nitrogens with zero attached hydrogens (tertiary/aromatic N) is 1. The number of benzene rings is 1. The van der Waals surface area contributed by atoms with Crippen LogP contribution in [0.2, 0.25) is 0 Å². The predicted molar refractivity (Wildman–Crippen MR) is 123 cm³/mol. The first-order chi connectivity index (χ1) is 12.5. The summed E-state index contributed by atoms with van der Waals surface area (Å²) in [6, 6.07) is 8.18. The zero-order valence-electron chi connectivity index (χ0n) is 17.3. The predicted octanol–water partition coefficient (Wildman–Crippen LogP) is 3.20. The van der Waals surface area contributed by atoms with Gasteiger partial charge in [-0.1, -0.05) is 26.0 Å². The van der Waals surface area contributed by atoms with Crippen LogP contribution in [0, 0.1) is 0 Å². The minimum absolute atomic E-state index is 0. The lowest BCUT2D eigenvalue weighted by molar-refractivity contribution is 0.0698. The first-order valence-electron chi connectivity index (χ1n) is 9.27. The molecule has 1 aromatic carbocycles. The van der Waals surface area contributed by atoms with Gasteiger partial charge in [0.25, 0.3) is 0 Å². The summed E-state index contributed by atoms with van der Waals surface area (Å²) in [4.78, 5) is 4.76. The molecule has 7 heteroatoms. The molecule has 1 aromatic rings. The highest BCUT2D eigenvalue weighted by Crippen LogP contribution is 2.26. The number of methoxy groups -OCH3 is 2. The van der Waals surface area contributed by atoms with Crippen molar-refractivity contribution in [2.24, 2.45) is 4.99 Å². The van der Waals surface area contributed by atoms with Crippen molar-refractivity contribution in [2.45, 2.75) is 32.6 Å². The molecular weight excluding hydrogens is 457 g/mol. The molecule has 0 atom stereocenters. The maximum Gasteiger partial charge on any atom is 0.191 e. The highest BCUT2D eigenvalue weighted by Gasteiger charge is 2.21. The minimum atomic E-state index is -0.0832. The number of hydrogen-bond acceptors (Lipinski definition) is 4. The molecule has 0 fully saturated rings. The molecule has 0 spiro atoms. The van der Waals surface area contributed by atoms with Crippen LogP contribution in [0.25, 0.3) is 0 Å². The van der Waals surface area contributed by atoms with Crippen molar-refractivity contribution in [2.75, 3.05) is 53.7 Å². The van der Waals surface area contributed by atoms with Gasteiger partial charge in [0.15, 0.2) is 5.96 Å². The number of halogens is 1. The van der Waals surface area contributed by atoms with Gasteiger partial charge in [-0.05, 0) is 31.0 Å². The van der Waals surface area contributed by atoms with Crippen LogP contribution in [-0.4, -0.2) is 59.6 Å². The number of ether oxygens (including phenoxy) is 3. The van der Waals surface area contributed by atoms with Crippen molar-refractivity contribution in [3.8, 4) is 5.75 Å². The van der Waals surface area contributed by atoms with Crippen LogP contribution in [0.5, 0.6) is 5.75 Å². The van der Waals surface area contributed by atoms with Crippen LogP contribution < -0.4 is 15.4 Å². The van der Waals surface area contributed by atoms with Gasteiger partial charge in [0.05, 0.1) is 26.9 Å². The molecule has 6 nitrogen and oxygen atoms in total. The number of aliphatic imine (C=N–C) groups is 1. The van der Waals surface area contributed by atoms with Gasteiger partial charge in [-0.25, -0.2) is 0 Å². The van der Waals surface area contributed by atoms with Crippen LogP contribution in [0.1, 0.15) is 32.8 Å². The van der Waals surface area contributed by atoms with Gasteiger partial charge < -0.3 is 24.8 Å². The van der Waals surface area contributed by atoms with Crippen molar-refractivity contribution >= 4 is 29.9 Å². The van der Waals surface area contributed by atoms with Crippen LogP contribution in [0.4, 0.5) is 0 Å². The Kier molecular flexibility index (Phi) is 14.3. The summed E-state index contributed by atoms with van der Waals surface area (Å²) in [5, 5.41) is 6.65. The summed E-state index contributed by atoms with van der Waals surface area (Å²) in [7, 11) is 3.37. The standard InChI is InChI=1S/C20H35N3O3.HI/c1-6-21-19(22-11-8-12-26-14-13-24-4)23-16-20(2,3)17-9-7-10-18(15-17)25-5;/h7,9-10,15H,6,8,11-14,16H2,1-5H3,(H2,21,22,23);1H. The minimum Gasteiger partial charge on any atom is -0.497 e. The Morgan fingerprint density at radius 2 is 1.89 bits per heavy atom. The van der Waals surface area contributed by atoms with Gasteiger partial charge in [0, 0.05) is 32.2 Å². The van der Waals surface area contributed by atoms with E-state index in [0.717, 1.165) is 31.2 Å². The Hall–Kier alpha value is -1.06. The first-order valence-corrected chi connectivity index (χ1v) is 9.27. The van der Waals surface area contributed by atoms with E-state index in [4.69, 9.17) is 19.2 Å². The average molecular weight is 493 g/mol. The topological polar surface area (TPSA) is 64.1 Å². The van der Waals surface area contributed by atoms with E-state index in [2.05, 4.69) is 43.5 Å². The fourth-order valence-electron chi connectivity index (χ4n) is 2.38. The fraction of sp³-hybridized carbons (Fsp3) is 0.650. The largest absolute Gasteiger partial charge is 0.497 e. The van der Waals surface area contributed by atoms with Crippen molar-refractivity contribution in [1.29, 1.82) is 0 Å². The van der Waals surface area contributed by atoms with Crippen molar-refractivity contribution in [3.63, 3.8) is 0 Å². The quantitative estimate of drug-likeness (QED) is 0.203.